The van der Waals surface area contributed by atoms with Gasteiger partial charge in [0.25, 0.3) is 0 Å². The Balaban J connectivity index is 4.02. The van der Waals surface area contributed by atoms with Gasteiger partial charge in [0.05, 0.1) is 13.2 Å². The van der Waals surface area contributed by atoms with Crippen LogP contribution in [0.25, 0.3) is 0 Å². The van der Waals surface area contributed by atoms with E-state index in [9.17, 15) is 19.0 Å². The summed E-state index contributed by atoms with van der Waals surface area (Å²) in [6.07, 6.45) is 128. The van der Waals surface area contributed by atoms with Crippen molar-refractivity contribution in [2.75, 3.05) is 26.4 Å². The molecule has 3 N–H and O–H groups in total. The maximum Gasteiger partial charge on any atom is 0.472 e. The van der Waals surface area contributed by atoms with Gasteiger partial charge in [0.15, 0.2) is 6.10 Å². The van der Waals surface area contributed by atoms with Crippen LogP contribution in [-0.2, 0) is 32.7 Å². The molecule has 2 unspecified atom stereocenters. The second-order valence-corrected chi connectivity index (χ2v) is 25.9. The average molecular weight is 1380 g/mol. The molecule has 0 aliphatic heterocycles. The fourth-order valence-corrected chi connectivity index (χ4v) is 10.4. The summed E-state index contributed by atoms with van der Waals surface area (Å²) in [5, 5.41) is 0. The number of carbonyl (C=O) groups excluding carboxylic acids is 2. The van der Waals surface area contributed by atoms with E-state index in [4.69, 9.17) is 24.3 Å². The third kappa shape index (κ3) is 80.7. The molecule has 2 atom stereocenters. The second-order valence-electron chi connectivity index (χ2n) is 24.4. The lowest BCUT2D eigenvalue weighted by molar-refractivity contribution is -0.161. The van der Waals surface area contributed by atoms with Crippen LogP contribution in [0.3, 0.4) is 0 Å². The summed E-state index contributed by atoms with van der Waals surface area (Å²) in [6, 6.07) is 0. The smallest absolute Gasteiger partial charge is 0.462 e. The van der Waals surface area contributed by atoms with Crippen LogP contribution >= 0.6 is 7.82 Å². The predicted octanol–water partition coefficient (Wildman–Crippen LogP) is 26.3. The van der Waals surface area contributed by atoms with Gasteiger partial charge >= 0.3 is 19.8 Å². The van der Waals surface area contributed by atoms with Crippen LogP contribution in [0.2, 0.25) is 0 Å². The minimum Gasteiger partial charge on any atom is -0.462 e. The molecule has 0 spiro atoms. The Labute approximate surface area is 606 Å². The zero-order chi connectivity index (χ0) is 71.5. The number of allylic oxidation sites excluding steroid dienone is 40. The highest BCUT2D eigenvalue weighted by Gasteiger charge is 2.26. The number of unbranched alkanes of at least 4 members (excludes halogenated alkanes) is 16. The Morgan fingerprint density at radius 1 is 0.303 bits per heavy atom. The molecule has 0 aliphatic rings. The first-order valence-electron chi connectivity index (χ1n) is 38.5. The zero-order valence-electron chi connectivity index (χ0n) is 62.1. The van der Waals surface area contributed by atoms with Gasteiger partial charge in [-0.15, -0.1) is 0 Å². The molecular formula is C89H138NO8P. The number of hydrogen-bond donors (Lipinski definition) is 2. The molecule has 0 saturated carbocycles. The molecule has 0 aliphatic carbocycles. The monoisotopic (exact) mass is 1380 g/mol. The molecular weight excluding hydrogens is 1240 g/mol. The molecule has 552 valence electrons. The molecule has 0 amide bonds. The number of carbonyl (C=O) groups is 2. The van der Waals surface area contributed by atoms with Crippen molar-refractivity contribution in [1.82, 2.24) is 0 Å². The Morgan fingerprint density at radius 2 is 0.525 bits per heavy atom. The molecule has 9 nitrogen and oxygen atoms in total. The van der Waals surface area contributed by atoms with Crippen molar-refractivity contribution in [3.8, 4) is 0 Å². The summed E-state index contributed by atoms with van der Waals surface area (Å²) >= 11 is 0. The Morgan fingerprint density at radius 3 is 0.798 bits per heavy atom. The fraction of sp³-hybridized carbons (Fsp3) is 0.528. The molecule has 0 saturated heterocycles. The van der Waals surface area contributed by atoms with E-state index < -0.39 is 32.5 Å². The third-order valence-electron chi connectivity index (χ3n) is 15.2. The van der Waals surface area contributed by atoms with Gasteiger partial charge in [-0.3, -0.25) is 18.6 Å². The van der Waals surface area contributed by atoms with Gasteiger partial charge in [-0.25, -0.2) is 4.57 Å². The Hall–Kier alpha value is -6.19. The van der Waals surface area contributed by atoms with Crippen molar-refractivity contribution in [1.29, 1.82) is 0 Å². The van der Waals surface area contributed by atoms with E-state index in [1.807, 2.05) is 0 Å². The number of esters is 2. The van der Waals surface area contributed by atoms with Crippen molar-refractivity contribution in [3.63, 3.8) is 0 Å². The van der Waals surface area contributed by atoms with Crippen molar-refractivity contribution < 1.29 is 37.6 Å². The maximum absolute atomic E-state index is 12.8. The van der Waals surface area contributed by atoms with Crippen LogP contribution in [-0.4, -0.2) is 49.3 Å². The molecule has 0 aromatic rings. The van der Waals surface area contributed by atoms with Crippen LogP contribution in [0.15, 0.2) is 243 Å². The van der Waals surface area contributed by atoms with Crippen molar-refractivity contribution in [2.45, 2.75) is 277 Å². The number of phosphoric acid groups is 1. The van der Waals surface area contributed by atoms with E-state index in [0.29, 0.717) is 12.8 Å². The SMILES string of the molecule is CC/C=C\C/C=C\C/C=C\C/C=C\C/C=C\C/C=C\C/C=C\C/C=C\C/C=C\C/C=C\C/C=C\C/C=C\CCCCC(=O)OC(COC(=O)CCCCCCCCCCCCCCCC/C=C\C/C=C\C/C=C\C/C=C\C/C=C\C/C=C\C/C=C\C/C=C\CC)COP(=O)(O)OCCN. The van der Waals surface area contributed by atoms with Crippen LogP contribution < -0.4 is 5.73 Å². The molecule has 0 fully saturated rings. The highest BCUT2D eigenvalue weighted by molar-refractivity contribution is 7.47. The first kappa shape index (κ1) is 92.8. The number of rotatable bonds is 69. The van der Waals surface area contributed by atoms with Crippen LogP contribution in [0.5, 0.6) is 0 Å². The standard InChI is InChI=1S/C89H138NO8P/c1-3-5-7-9-11-13-15-17-19-21-23-25-27-29-31-33-35-37-39-41-43-45-47-49-51-53-55-57-59-61-63-65-67-69-71-73-75-77-79-81-88(91)95-85-87(86-97-99(93,94)96-84-83-90)98-89(92)82-80-78-76-74-72-70-68-66-64-62-60-58-56-54-52-50-48-46-44-42-40-38-36-34-32-30-28-26-24-22-20-18-16-14-12-10-8-6-4-2/h5-8,11-14,17-20,23-26,29-32,35-38,41-44,47-50,54,56,60,62,66,68,72,74,87H,3-4,9-10,15-16,21-22,27-28,33-34,39-40,45-46,51-53,55,57-59,61,63-65,67,69-71,73,75-86,90H2,1-2H3,(H,93,94)/b7-5-,8-6-,13-11-,14-12-,19-17-,20-18-,25-23-,26-24-,31-29-,32-30-,37-35-,38-36-,43-41-,44-42-,49-47-,50-48-,56-54-,62-60-,68-66-,74-72-. The fourth-order valence-electron chi connectivity index (χ4n) is 9.63. The maximum atomic E-state index is 12.8. The average Bonchev–Trinajstić information content (AvgIpc) is 1.35. The molecule has 10 heteroatoms. The molecule has 0 aromatic carbocycles. The third-order valence-corrected chi connectivity index (χ3v) is 16.2. The molecule has 99 heavy (non-hydrogen) atoms. The summed E-state index contributed by atoms with van der Waals surface area (Å²) < 4.78 is 33.2. The summed E-state index contributed by atoms with van der Waals surface area (Å²) in [5.74, 6) is -0.894. The highest BCUT2D eigenvalue weighted by Crippen LogP contribution is 2.43. The first-order valence-corrected chi connectivity index (χ1v) is 40.0. The summed E-state index contributed by atoms with van der Waals surface area (Å²) in [7, 11) is -4.43. The number of nitrogens with two attached hydrogens (primary N) is 1. The van der Waals surface area contributed by atoms with Gasteiger partial charge < -0.3 is 20.1 Å². The highest BCUT2D eigenvalue weighted by atomic mass is 31.2. The molecule has 0 radical (unpaired) electrons. The second kappa shape index (κ2) is 80.8. The van der Waals surface area contributed by atoms with Gasteiger partial charge in [0.2, 0.25) is 0 Å². The van der Waals surface area contributed by atoms with Crippen LogP contribution in [0.1, 0.15) is 271 Å². The van der Waals surface area contributed by atoms with Gasteiger partial charge in [-0.05, 0) is 167 Å². The van der Waals surface area contributed by atoms with E-state index in [2.05, 4.69) is 257 Å². The van der Waals surface area contributed by atoms with E-state index in [-0.39, 0.29) is 32.6 Å². The molecule has 0 bridgehead atoms. The van der Waals surface area contributed by atoms with Gasteiger partial charge in [0, 0.05) is 19.4 Å². The van der Waals surface area contributed by atoms with Crippen LogP contribution in [0.4, 0.5) is 0 Å². The van der Waals surface area contributed by atoms with Crippen molar-refractivity contribution in [2.24, 2.45) is 5.73 Å². The number of phosphoric ester groups is 1. The summed E-state index contributed by atoms with van der Waals surface area (Å²) in [5.41, 5.74) is 5.40. The minimum atomic E-state index is -4.43. The van der Waals surface area contributed by atoms with E-state index in [1.54, 1.807) is 0 Å². The van der Waals surface area contributed by atoms with Crippen molar-refractivity contribution >= 4 is 19.8 Å². The molecule has 0 heterocycles. The number of hydrogen-bond acceptors (Lipinski definition) is 8. The normalized spacial score (nSPS) is 14.3. The summed E-state index contributed by atoms with van der Waals surface area (Å²) in [6.45, 7) is 3.44. The Kier molecular flexibility index (Phi) is 75.7. The summed E-state index contributed by atoms with van der Waals surface area (Å²) in [4.78, 5) is 35.4. The lowest BCUT2D eigenvalue weighted by Crippen LogP contribution is -2.29. The van der Waals surface area contributed by atoms with E-state index in [0.717, 1.165) is 161 Å². The quantitative estimate of drug-likeness (QED) is 0.0264. The lowest BCUT2D eigenvalue weighted by Gasteiger charge is -2.19. The zero-order valence-corrected chi connectivity index (χ0v) is 63.0. The molecule has 0 aromatic heterocycles. The van der Waals surface area contributed by atoms with Gasteiger partial charge in [-0.2, -0.15) is 0 Å². The van der Waals surface area contributed by atoms with E-state index in [1.165, 1.54) is 70.6 Å². The minimum absolute atomic E-state index is 0.0342. The Bertz CT molecular complexity index is 2530. The largest absolute Gasteiger partial charge is 0.472 e. The van der Waals surface area contributed by atoms with Gasteiger partial charge in [-0.1, -0.05) is 334 Å². The van der Waals surface area contributed by atoms with E-state index >= 15 is 0 Å². The predicted molar refractivity (Wildman–Crippen MR) is 430 cm³/mol. The molecule has 0 rings (SSSR count). The van der Waals surface area contributed by atoms with Crippen LogP contribution in [0, 0.1) is 0 Å². The number of ether oxygens (including phenoxy) is 2. The van der Waals surface area contributed by atoms with Gasteiger partial charge in [0.1, 0.15) is 6.61 Å². The van der Waals surface area contributed by atoms with Crippen molar-refractivity contribution in [3.05, 3.63) is 243 Å². The lowest BCUT2D eigenvalue weighted by atomic mass is 10.0. The first-order chi connectivity index (χ1) is 48.8. The topological polar surface area (TPSA) is 134 Å².